The maximum atomic E-state index is 6.33. The molecule has 0 radical (unpaired) electrons. The van der Waals surface area contributed by atoms with Crippen molar-refractivity contribution < 1.29 is 4.42 Å². The molecule has 0 amide bonds. The summed E-state index contributed by atoms with van der Waals surface area (Å²) in [4.78, 5) is 4.71. The molecule has 7 rings (SSSR count). The predicted molar refractivity (Wildman–Crippen MR) is 121 cm³/mol. The van der Waals surface area contributed by atoms with Crippen molar-refractivity contribution in [2.45, 2.75) is 0 Å². The molecule has 0 unspecified atom stereocenters. The Morgan fingerprint density at radius 3 is 2.48 bits per heavy atom. The van der Waals surface area contributed by atoms with Crippen molar-refractivity contribution in [2.75, 3.05) is 0 Å². The molecule has 7 aromatic rings. The van der Waals surface area contributed by atoms with E-state index in [4.69, 9.17) is 9.40 Å². The van der Waals surface area contributed by atoms with Crippen LogP contribution in [0.4, 0.5) is 0 Å². The zero-order valence-electron chi connectivity index (χ0n) is 15.3. The number of pyridine rings is 1. The Hall–Kier alpha value is -3.63. The second kappa shape index (κ2) is 5.46. The Balaban J connectivity index is 1.65. The number of hydrogen-bond donors (Lipinski definition) is 0. The van der Waals surface area contributed by atoms with Crippen molar-refractivity contribution in [3.05, 3.63) is 85.1 Å². The molecule has 0 N–H and O–H groups in total. The number of thiophene rings is 1. The average Bonchev–Trinajstić information content (AvgIpc) is 3.41. The van der Waals surface area contributed by atoms with E-state index in [0.29, 0.717) is 0 Å². The van der Waals surface area contributed by atoms with E-state index >= 15 is 0 Å². The molecule has 4 aromatic heterocycles. The van der Waals surface area contributed by atoms with E-state index in [2.05, 4.69) is 65.2 Å². The Morgan fingerprint density at radius 1 is 0.724 bits per heavy atom. The molecular formula is C25H14N2OS. The van der Waals surface area contributed by atoms with Crippen LogP contribution < -0.4 is 0 Å². The van der Waals surface area contributed by atoms with Gasteiger partial charge >= 0.3 is 0 Å². The van der Waals surface area contributed by atoms with Gasteiger partial charge in [-0.05, 0) is 42.5 Å². The van der Waals surface area contributed by atoms with E-state index < -0.39 is 0 Å². The van der Waals surface area contributed by atoms with Crippen LogP contribution in [0.3, 0.4) is 0 Å². The lowest BCUT2D eigenvalue weighted by molar-refractivity contribution is 0.645. The first-order valence-electron chi connectivity index (χ1n) is 9.57. The molecule has 4 heterocycles. The second-order valence-electron chi connectivity index (χ2n) is 7.27. The molecule has 0 aliphatic heterocycles. The maximum absolute atomic E-state index is 6.33. The predicted octanol–water partition coefficient (Wildman–Crippen LogP) is 7.29. The summed E-state index contributed by atoms with van der Waals surface area (Å²) in [5.74, 6) is 0. The van der Waals surface area contributed by atoms with Crippen LogP contribution in [0.5, 0.6) is 0 Å². The van der Waals surface area contributed by atoms with Crippen molar-refractivity contribution >= 4 is 64.6 Å². The topological polar surface area (TPSA) is 31.0 Å². The summed E-state index contributed by atoms with van der Waals surface area (Å²) in [5.41, 5.74) is 3.74. The van der Waals surface area contributed by atoms with E-state index in [1.54, 1.807) is 0 Å². The quantitative estimate of drug-likeness (QED) is 0.295. The minimum absolute atomic E-state index is 0.846. The minimum Gasteiger partial charge on any atom is -0.439 e. The Kier molecular flexibility index (Phi) is 2.88. The smallest absolute Gasteiger partial charge is 0.215 e. The fraction of sp³-hybridized carbons (Fsp3) is 0. The van der Waals surface area contributed by atoms with Crippen LogP contribution in [0.25, 0.3) is 59.0 Å². The number of hydrogen-bond acceptors (Lipinski definition) is 3. The Bertz CT molecular complexity index is 1720. The third-order valence-electron chi connectivity index (χ3n) is 5.67. The summed E-state index contributed by atoms with van der Waals surface area (Å²) in [6.07, 6.45) is 1.85. The first-order chi connectivity index (χ1) is 14.4. The van der Waals surface area contributed by atoms with E-state index in [0.717, 1.165) is 38.8 Å². The number of benzene rings is 3. The van der Waals surface area contributed by atoms with Gasteiger partial charge in [-0.2, -0.15) is 0 Å². The molecule has 4 heteroatoms. The molecule has 0 atom stereocenters. The second-order valence-corrected chi connectivity index (χ2v) is 8.35. The van der Waals surface area contributed by atoms with Gasteiger partial charge in [0.05, 0.1) is 11.1 Å². The fourth-order valence-corrected chi connectivity index (χ4v) is 5.50. The lowest BCUT2D eigenvalue weighted by atomic mass is 10.1. The molecule has 0 bridgehead atoms. The highest BCUT2D eigenvalue weighted by atomic mass is 32.1. The van der Waals surface area contributed by atoms with Crippen molar-refractivity contribution in [1.82, 2.24) is 9.55 Å². The zero-order valence-corrected chi connectivity index (χ0v) is 16.1. The van der Waals surface area contributed by atoms with Gasteiger partial charge in [-0.25, -0.2) is 4.98 Å². The Morgan fingerprint density at radius 2 is 1.52 bits per heavy atom. The maximum Gasteiger partial charge on any atom is 0.215 e. The largest absolute Gasteiger partial charge is 0.439 e. The monoisotopic (exact) mass is 390 g/mol. The van der Waals surface area contributed by atoms with Gasteiger partial charge in [0.25, 0.3) is 0 Å². The van der Waals surface area contributed by atoms with Crippen LogP contribution in [-0.4, -0.2) is 9.55 Å². The van der Waals surface area contributed by atoms with Gasteiger partial charge in [0.1, 0.15) is 11.2 Å². The molecular weight excluding hydrogens is 376 g/mol. The summed E-state index contributed by atoms with van der Waals surface area (Å²) in [6, 6.07) is 27.5. The highest BCUT2D eigenvalue weighted by molar-refractivity contribution is 7.25. The summed E-state index contributed by atoms with van der Waals surface area (Å²) in [7, 11) is 0. The lowest BCUT2D eigenvalue weighted by Crippen LogP contribution is -1.94. The molecule has 0 fully saturated rings. The minimum atomic E-state index is 0.846. The van der Waals surface area contributed by atoms with Gasteiger partial charge in [-0.3, -0.25) is 4.57 Å². The standard InChI is InChI=1S/C25H14N2OS/c1-3-9-20-17(7-1)23-18-8-5-13-26-24(18)27(25(23)28-20)15-11-12-22-19(14-15)16-6-2-4-10-21(16)29-22/h1-14H. The third-order valence-corrected chi connectivity index (χ3v) is 6.82. The van der Waals surface area contributed by atoms with Gasteiger partial charge in [-0.15, -0.1) is 11.3 Å². The van der Waals surface area contributed by atoms with Crippen molar-refractivity contribution in [2.24, 2.45) is 0 Å². The fourth-order valence-electron chi connectivity index (χ4n) is 4.41. The van der Waals surface area contributed by atoms with Gasteiger partial charge in [0, 0.05) is 37.1 Å². The van der Waals surface area contributed by atoms with Crippen molar-refractivity contribution in [1.29, 1.82) is 0 Å². The zero-order chi connectivity index (χ0) is 18.9. The van der Waals surface area contributed by atoms with E-state index in [1.807, 2.05) is 35.7 Å². The van der Waals surface area contributed by atoms with Crippen LogP contribution >= 0.6 is 11.3 Å². The molecule has 0 aliphatic carbocycles. The molecule has 0 aliphatic rings. The number of rotatable bonds is 1. The molecule has 29 heavy (non-hydrogen) atoms. The molecule has 0 saturated carbocycles. The van der Waals surface area contributed by atoms with Crippen LogP contribution in [-0.2, 0) is 0 Å². The van der Waals surface area contributed by atoms with Crippen LogP contribution in [0, 0.1) is 0 Å². The van der Waals surface area contributed by atoms with E-state index in [-0.39, 0.29) is 0 Å². The molecule has 3 aromatic carbocycles. The molecule has 136 valence electrons. The van der Waals surface area contributed by atoms with Crippen LogP contribution in [0.2, 0.25) is 0 Å². The molecule has 3 nitrogen and oxygen atoms in total. The highest BCUT2D eigenvalue weighted by Crippen LogP contribution is 2.40. The first-order valence-corrected chi connectivity index (χ1v) is 10.4. The lowest BCUT2D eigenvalue weighted by Gasteiger charge is -2.06. The van der Waals surface area contributed by atoms with Gasteiger partial charge in [0.2, 0.25) is 5.71 Å². The summed E-state index contributed by atoms with van der Waals surface area (Å²) < 4.78 is 11.1. The van der Waals surface area contributed by atoms with Gasteiger partial charge < -0.3 is 4.42 Å². The number of fused-ring (bicyclic) bond motifs is 8. The van der Waals surface area contributed by atoms with Gasteiger partial charge in [-0.1, -0.05) is 36.4 Å². The number of para-hydroxylation sites is 1. The SMILES string of the molecule is c1ccc2c(c1)oc1c2c2cccnc2n1-c1ccc2sc3ccccc3c2c1. The van der Waals surface area contributed by atoms with E-state index in [9.17, 15) is 0 Å². The van der Waals surface area contributed by atoms with E-state index in [1.165, 1.54) is 20.2 Å². The summed E-state index contributed by atoms with van der Waals surface area (Å²) in [6.45, 7) is 0. The highest BCUT2D eigenvalue weighted by Gasteiger charge is 2.20. The molecule has 0 saturated heterocycles. The average molecular weight is 390 g/mol. The molecule has 0 spiro atoms. The van der Waals surface area contributed by atoms with Crippen LogP contribution in [0.1, 0.15) is 0 Å². The number of aromatic nitrogens is 2. The van der Waals surface area contributed by atoms with Crippen molar-refractivity contribution in [3.63, 3.8) is 0 Å². The summed E-state index contributed by atoms with van der Waals surface area (Å²) in [5, 5.41) is 5.92. The van der Waals surface area contributed by atoms with Crippen molar-refractivity contribution in [3.8, 4) is 5.69 Å². The Labute approximate surface area is 169 Å². The first kappa shape index (κ1) is 15.3. The normalized spacial score (nSPS) is 12.1. The number of nitrogens with zero attached hydrogens (tertiary/aromatic N) is 2. The third kappa shape index (κ3) is 1.99. The number of furan rings is 1. The van der Waals surface area contributed by atoms with Crippen LogP contribution in [0.15, 0.2) is 89.5 Å². The van der Waals surface area contributed by atoms with Gasteiger partial charge in [0.15, 0.2) is 0 Å². The summed E-state index contributed by atoms with van der Waals surface area (Å²) >= 11 is 1.83.